The van der Waals surface area contributed by atoms with Crippen LogP contribution in [-0.2, 0) is 10.8 Å². The maximum absolute atomic E-state index is 15.2. The minimum atomic E-state index is -4.89. The first-order valence-corrected chi connectivity index (χ1v) is 18.0. The van der Waals surface area contributed by atoms with Gasteiger partial charge in [0.2, 0.25) is 0 Å². The molecule has 276 valence electrons. The Bertz CT molecular complexity index is 2640. The van der Waals surface area contributed by atoms with E-state index in [1.165, 1.54) is 31.3 Å². The second-order valence-electron chi connectivity index (χ2n) is 14.5. The molecule has 2 heterocycles. The predicted octanol–water partition coefficient (Wildman–Crippen LogP) is 8.99. The van der Waals surface area contributed by atoms with Crippen molar-refractivity contribution in [2.75, 3.05) is 24.3 Å². The Balaban J connectivity index is 1.12. The lowest BCUT2D eigenvalue weighted by Gasteiger charge is -2.34. The van der Waals surface area contributed by atoms with Crippen molar-refractivity contribution in [3.8, 4) is 11.1 Å². The Kier molecular flexibility index (Phi) is 7.54. The summed E-state index contributed by atoms with van der Waals surface area (Å²) in [5.41, 5.74) is 3.18. The van der Waals surface area contributed by atoms with Crippen LogP contribution in [0.2, 0.25) is 0 Å². The molecule has 4 amide bonds. The molecule has 0 saturated carbocycles. The molecular weight excluding hydrogens is 716 g/mol. The van der Waals surface area contributed by atoms with Crippen LogP contribution in [0.25, 0.3) is 11.1 Å². The molecule has 1 N–H and O–H groups in total. The summed E-state index contributed by atoms with van der Waals surface area (Å²) < 4.78 is 45.5. The minimum Gasteiger partial charge on any atom is -0.388 e. The standard InChI is InChI=1S/C46H32F3N3O4/c1-44(46(47,48)49,28-16-22-34-36(24-28)41(54)51(3)40(34)53)29-17-23-35-37(25-29)43(56)52(42(35)55)31-20-14-27(15-21-31)45(26-12-18-30(50-2)19-13-26)38-10-6-4-8-32(38)33-9-5-7-11-39(33)45/h4-25,50H,1-3H3. The van der Waals surface area contributed by atoms with Crippen molar-refractivity contribution in [1.82, 2.24) is 4.90 Å². The lowest BCUT2D eigenvalue weighted by atomic mass is 9.67. The molecule has 56 heavy (non-hydrogen) atoms. The van der Waals surface area contributed by atoms with E-state index in [4.69, 9.17) is 0 Å². The number of nitrogens with zero attached hydrogens (tertiary/aromatic N) is 2. The van der Waals surface area contributed by atoms with Crippen LogP contribution in [0, 0.1) is 0 Å². The quantitative estimate of drug-likeness (QED) is 0.172. The minimum absolute atomic E-state index is 0.0149. The summed E-state index contributed by atoms with van der Waals surface area (Å²) in [6, 6.07) is 38.9. The number of halogens is 3. The number of nitrogens with one attached hydrogen (secondary N) is 1. The number of carbonyl (C=O) groups is 4. The zero-order valence-electron chi connectivity index (χ0n) is 30.4. The summed E-state index contributed by atoms with van der Waals surface area (Å²) in [5, 5.41) is 3.18. The van der Waals surface area contributed by atoms with Crippen molar-refractivity contribution in [3.63, 3.8) is 0 Å². The molecule has 3 aliphatic rings. The zero-order chi connectivity index (χ0) is 39.3. The first-order chi connectivity index (χ1) is 26.8. The molecule has 0 fully saturated rings. The summed E-state index contributed by atoms with van der Waals surface area (Å²) >= 11 is 0. The van der Waals surface area contributed by atoms with Crippen LogP contribution >= 0.6 is 0 Å². The third kappa shape index (κ3) is 4.58. The molecule has 2 aliphatic heterocycles. The Labute approximate surface area is 320 Å². The molecule has 0 aromatic heterocycles. The van der Waals surface area contributed by atoms with E-state index < -0.39 is 40.6 Å². The fourth-order valence-corrected chi connectivity index (χ4v) is 8.72. The van der Waals surface area contributed by atoms with Gasteiger partial charge in [0.15, 0.2) is 0 Å². The smallest absolute Gasteiger partial charge is 0.388 e. The highest BCUT2D eigenvalue weighted by Gasteiger charge is 2.55. The van der Waals surface area contributed by atoms with E-state index in [0.29, 0.717) is 0 Å². The van der Waals surface area contributed by atoms with Gasteiger partial charge >= 0.3 is 6.18 Å². The molecule has 10 heteroatoms. The second kappa shape index (κ2) is 12.1. The second-order valence-corrected chi connectivity index (χ2v) is 14.5. The van der Waals surface area contributed by atoms with E-state index in [2.05, 4.69) is 41.7 Å². The first-order valence-electron chi connectivity index (χ1n) is 18.0. The van der Waals surface area contributed by atoms with E-state index in [0.717, 1.165) is 67.9 Å². The molecule has 0 radical (unpaired) electrons. The molecule has 1 unspecified atom stereocenters. The van der Waals surface area contributed by atoms with Crippen LogP contribution in [-0.4, -0.2) is 48.8 Å². The maximum Gasteiger partial charge on any atom is 0.402 e. The van der Waals surface area contributed by atoms with Gasteiger partial charge in [-0.2, -0.15) is 13.2 Å². The van der Waals surface area contributed by atoms with Gasteiger partial charge in [-0.15, -0.1) is 0 Å². The number of imide groups is 2. The predicted molar refractivity (Wildman–Crippen MR) is 206 cm³/mol. The van der Waals surface area contributed by atoms with Gasteiger partial charge in [-0.3, -0.25) is 24.1 Å². The van der Waals surface area contributed by atoms with Crippen LogP contribution in [0.1, 0.15) is 81.7 Å². The van der Waals surface area contributed by atoms with E-state index in [1.807, 2.05) is 55.6 Å². The van der Waals surface area contributed by atoms with Crippen LogP contribution in [0.3, 0.4) is 0 Å². The van der Waals surface area contributed by atoms with Gasteiger partial charge in [0, 0.05) is 19.8 Å². The highest BCUT2D eigenvalue weighted by atomic mass is 19.4. The Morgan fingerprint density at radius 2 is 0.982 bits per heavy atom. The number of rotatable bonds is 6. The van der Waals surface area contributed by atoms with Crippen molar-refractivity contribution in [3.05, 3.63) is 189 Å². The average molecular weight is 748 g/mol. The molecule has 0 bridgehead atoms. The van der Waals surface area contributed by atoms with Crippen molar-refractivity contribution < 1.29 is 32.3 Å². The van der Waals surface area contributed by atoms with Gasteiger partial charge in [-0.1, -0.05) is 84.9 Å². The van der Waals surface area contributed by atoms with Gasteiger partial charge in [-0.25, -0.2) is 4.90 Å². The van der Waals surface area contributed by atoms with Crippen LogP contribution in [0.5, 0.6) is 0 Å². The molecule has 7 nitrogen and oxygen atoms in total. The number of alkyl halides is 3. The molecule has 6 aromatic carbocycles. The van der Waals surface area contributed by atoms with E-state index in [-0.39, 0.29) is 39.1 Å². The third-order valence-electron chi connectivity index (χ3n) is 11.8. The Morgan fingerprint density at radius 1 is 0.536 bits per heavy atom. The fourth-order valence-electron chi connectivity index (χ4n) is 8.72. The van der Waals surface area contributed by atoms with Crippen molar-refractivity contribution >= 4 is 35.0 Å². The first kappa shape index (κ1) is 34.9. The zero-order valence-corrected chi connectivity index (χ0v) is 30.4. The summed E-state index contributed by atoms with van der Waals surface area (Å²) in [5.74, 6) is -2.71. The highest BCUT2D eigenvalue weighted by Crippen LogP contribution is 2.56. The average Bonchev–Trinajstić information content (AvgIpc) is 3.74. The topological polar surface area (TPSA) is 86.8 Å². The SMILES string of the molecule is CNc1ccc(C2(c3ccc(N4C(=O)c5ccc(C(C)(c6ccc7c(c6)C(=O)N(C)C7=O)C(F)(F)F)cc5C4=O)cc3)c3ccccc3-c3ccccc32)cc1. The molecule has 0 spiro atoms. The van der Waals surface area contributed by atoms with Gasteiger partial charge in [0.05, 0.1) is 33.4 Å². The molecule has 0 saturated heterocycles. The number of anilines is 2. The van der Waals surface area contributed by atoms with E-state index in [9.17, 15) is 19.2 Å². The summed E-state index contributed by atoms with van der Waals surface area (Å²) in [4.78, 5) is 55.0. The maximum atomic E-state index is 15.2. The molecule has 9 rings (SSSR count). The highest BCUT2D eigenvalue weighted by molar-refractivity contribution is 6.34. The largest absolute Gasteiger partial charge is 0.402 e. The molecule has 1 atom stereocenters. The number of amides is 4. The van der Waals surface area contributed by atoms with Gasteiger partial charge in [0.25, 0.3) is 23.6 Å². The summed E-state index contributed by atoms with van der Waals surface area (Å²) in [6.45, 7) is 0.959. The van der Waals surface area contributed by atoms with Crippen LogP contribution in [0.4, 0.5) is 24.5 Å². The number of hydrogen-bond donors (Lipinski definition) is 1. The lowest BCUT2D eigenvalue weighted by Crippen LogP contribution is -2.41. The number of carbonyl (C=O) groups excluding carboxylic acids is 4. The normalized spacial score (nSPS) is 16.4. The van der Waals surface area contributed by atoms with Gasteiger partial charge in [-0.05, 0) is 100.0 Å². The Morgan fingerprint density at radius 3 is 1.50 bits per heavy atom. The third-order valence-corrected chi connectivity index (χ3v) is 11.8. The van der Waals surface area contributed by atoms with Crippen LogP contribution in [0.15, 0.2) is 133 Å². The number of benzene rings is 6. The summed E-state index contributed by atoms with van der Waals surface area (Å²) in [6.07, 6.45) is -4.89. The van der Waals surface area contributed by atoms with Crippen molar-refractivity contribution in [2.45, 2.75) is 23.9 Å². The van der Waals surface area contributed by atoms with Crippen molar-refractivity contribution in [2.24, 2.45) is 0 Å². The van der Waals surface area contributed by atoms with Gasteiger partial charge < -0.3 is 5.32 Å². The monoisotopic (exact) mass is 747 g/mol. The fraction of sp³-hybridized carbons (Fsp3) is 0.130. The Hall–Kier alpha value is -6.81. The molecule has 6 aromatic rings. The number of hydrogen-bond acceptors (Lipinski definition) is 5. The van der Waals surface area contributed by atoms with E-state index in [1.54, 1.807) is 12.1 Å². The van der Waals surface area contributed by atoms with Crippen LogP contribution < -0.4 is 10.2 Å². The summed E-state index contributed by atoms with van der Waals surface area (Å²) in [7, 11) is 3.13. The van der Waals surface area contributed by atoms with Crippen molar-refractivity contribution in [1.29, 1.82) is 0 Å². The number of fused-ring (bicyclic) bond motifs is 5. The lowest BCUT2D eigenvalue weighted by molar-refractivity contribution is -0.173. The van der Waals surface area contributed by atoms with E-state index >= 15 is 13.2 Å². The molecular formula is C46H32F3N3O4. The molecule has 1 aliphatic carbocycles. The van der Waals surface area contributed by atoms with Gasteiger partial charge in [0.1, 0.15) is 5.41 Å².